The first-order valence-electron chi connectivity index (χ1n) is 7.31. The first-order chi connectivity index (χ1) is 11.6. The Morgan fingerprint density at radius 2 is 2.04 bits per heavy atom. The van der Waals surface area contributed by atoms with Crippen LogP contribution in [0.15, 0.2) is 47.4 Å². The molecule has 0 aliphatic rings. The molecule has 0 aliphatic carbocycles. The summed E-state index contributed by atoms with van der Waals surface area (Å²) in [5, 5.41) is 13.3. The Bertz CT molecular complexity index is 923. The Morgan fingerprint density at radius 1 is 1.29 bits per heavy atom. The summed E-state index contributed by atoms with van der Waals surface area (Å²) in [6, 6.07) is 10.7. The van der Waals surface area contributed by atoms with Gasteiger partial charge in [-0.3, -0.25) is 9.20 Å². The number of nitrogens with zero attached hydrogens (tertiary/aromatic N) is 2. The molecule has 0 unspecified atom stereocenters. The zero-order valence-electron chi connectivity index (χ0n) is 13.0. The summed E-state index contributed by atoms with van der Waals surface area (Å²) in [6.07, 6.45) is 1.59. The van der Waals surface area contributed by atoms with Crippen LogP contribution in [0, 0.1) is 0 Å². The van der Waals surface area contributed by atoms with E-state index in [0.29, 0.717) is 28.8 Å². The van der Waals surface area contributed by atoms with Crippen molar-refractivity contribution in [3.63, 3.8) is 0 Å². The van der Waals surface area contributed by atoms with Crippen LogP contribution < -0.4 is 15.6 Å². The maximum absolute atomic E-state index is 12.6. The molecule has 0 spiro atoms. The number of halogens is 1. The molecule has 1 aromatic carbocycles. The summed E-state index contributed by atoms with van der Waals surface area (Å²) in [4.78, 5) is 17.0. The van der Waals surface area contributed by atoms with Crippen molar-refractivity contribution < 1.29 is 9.84 Å². The maximum Gasteiger partial charge on any atom is 0.265 e. The van der Waals surface area contributed by atoms with Crippen molar-refractivity contribution in [2.75, 3.05) is 12.4 Å². The lowest BCUT2D eigenvalue weighted by atomic mass is 10.2. The van der Waals surface area contributed by atoms with E-state index in [9.17, 15) is 9.90 Å². The van der Waals surface area contributed by atoms with Crippen LogP contribution in [0.2, 0.25) is 5.02 Å². The van der Waals surface area contributed by atoms with Gasteiger partial charge in [-0.05, 0) is 29.8 Å². The van der Waals surface area contributed by atoms with Crippen molar-refractivity contribution in [2.45, 2.75) is 13.2 Å². The zero-order chi connectivity index (χ0) is 17.1. The summed E-state index contributed by atoms with van der Waals surface area (Å²) in [5.74, 6) is 0.815. The van der Waals surface area contributed by atoms with E-state index in [2.05, 4.69) is 10.3 Å². The minimum atomic E-state index is -0.408. The monoisotopic (exact) mass is 345 g/mol. The van der Waals surface area contributed by atoms with Gasteiger partial charge in [-0.1, -0.05) is 23.7 Å². The Morgan fingerprint density at radius 3 is 2.71 bits per heavy atom. The van der Waals surface area contributed by atoms with Gasteiger partial charge in [-0.2, -0.15) is 0 Å². The normalized spacial score (nSPS) is 10.8. The highest BCUT2D eigenvalue weighted by Crippen LogP contribution is 2.20. The van der Waals surface area contributed by atoms with Crippen molar-refractivity contribution in [1.29, 1.82) is 0 Å². The van der Waals surface area contributed by atoms with Crippen LogP contribution in [0.5, 0.6) is 5.75 Å². The molecule has 124 valence electrons. The van der Waals surface area contributed by atoms with Crippen molar-refractivity contribution in [3.8, 4) is 5.75 Å². The second-order valence-corrected chi connectivity index (χ2v) is 5.59. The molecule has 24 heavy (non-hydrogen) atoms. The molecule has 0 saturated carbocycles. The zero-order valence-corrected chi connectivity index (χ0v) is 13.7. The second-order valence-electron chi connectivity index (χ2n) is 5.15. The van der Waals surface area contributed by atoms with Crippen molar-refractivity contribution in [3.05, 3.63) is 69.1 Å². The molecular weight excluding hydrogens is 330 g/mol. The summed E-state index contributed by atoms with van der Waals surface area (Å²) in [6.45, 7) is 0.0386. The van der Waals surface area contributed by atoms with Crippen molar-refractivity contribution in [1.82, 2.24) is 9.38 Å². The van der Waals surface area contributed by atoms with Crippen LogP contribution in [-0.2, 0) is 13.2 Å². The smallest absolute Gasteiger partial charge is 0.265 e. The van der Waals surface area contributed by atoms with Crippen molar-refractivity contribution in [2.24, 2.45) is 0 Å². The minimum absolute atomic E-state index is 0.203. The summed E-state index contributed by atoms with van der Waals surface area (Å²) in [7, 11) is 1.52. The molecule has 2 heterocycles. The molecule has 0 bridgehead atoms. The molecule has 6 nitrogen and oxygen atoms in total. The van der Waals surface area contributed by atoms with Gasteiger partial charge in [0.2, 0.25) is 0 Å². The summed E-state index contributed by atoms with van der Waals surface area (Å²) in [5.41, 5.74) is 1.24. The third kappa shape index (κ3) is 3.06. The fraction of sp³-hybridized carbons (Fsp3) is 0.176. The van der Waals surface area contributed by atoms with E-state index in [1.807, 2.05) is 12.1 Å². The highest BCUT2D eigenvalue weighted by atomic mass is 35.5. The fourth-order valence-electron chi connectivity index (χ4n) is 2.41. The van der Waals surface area contributed by atoms with E-state index < -0.39 is 6.61 Å². The van der Waals surface area contributed by atoms with Crippen LogP contribution >= 0.6 is 11.6 Å². The van der Waals surface area contributed by atoms with E-state index in [0.717, 1.165) is 5.56 Å². The van der Waals surface area contributed by atoms with Crippen molar-refractivity contribution >= 4 is 23.1 Å². The van der Waals surface area contributed by atoms with Gasteiger partial charge in [0.1, 0.15) is 5.82 Å². The fourth-order valence-corrected chi connectivity index (χ4v) is 2.54. The van der Waals surface area contributed by atoms with Gasteiger partial charge >= 0.3 is 0 Å². The second kappa shape index (κ2) is 6.90. The van der Waals surface area contributed by atoms with E-state index >= 15 is 0 Å². The number of nitrogens with one attached hydrogen (secondary N) is 1. The molecule has 0 saturated heterocycles. The average Bonchev–Trinajstić information content (AvgIpc) is 2.61. The number of hydrogen-bond acceptors (Lipinski definition) is 5. The van der Waals surface area contributed by atoms with Gasteiger partial charge in [0.05, 0.1) is 19.3 Å². The number of pyridine rings is 1. The van der Waals surface area contributed by atoms with E-state index in [1.165, 1.54) is 11.5 Å². The SMILES string of the molecule is COc1cccn2c(=O)c(CO)c(NCc3ccc(Cl)cc3)nc12. The molecule has 3 aromatic rings. The van der Waals surface area contributed by atoms with E-state index in [4.69, 9.17) is 16.3 Å². The first-order valence-corrected chi connectivity index (χ1v) is 7.69. The molecule has 0 amide bonds. The first kappa shape index (κ1) is 16.3. The lowest BCUT2D eigenvalue weighted by Gasteiger charge is -2.13. The number of fused-ring (bicyclic) bond motifs is 1. The summed E-state index contributed by atoms with van der Waals surface area (Å²) >= 11 is 5.87. The predicted molar refractivity (Wildman–Crippen MR) is 92.7 cm³/mol. The number of hydrogen-bond donors (Lipinski definition) is 2. The number of rotatable bonds is 5. The molecule has 2 aromatic heterocycles. The highest BCUT2D eigenvalue weighted by Gasteiger charge is 2.14. The number of methoxy groups -OCH3 is 1. The maximum atomic E-state index is 12.6. The molecule has 0 fully saturated rings. The van der Waals surface area contributed by atoms with Gasteiger partial charge in [0.25, 0.3) is 5.56 Å². The third-order valence-corrected chi connectivity index (χ3v) is 3.92. The number of aliphatic hydroxyl groups excluding tert-OH is 1. The lowest BCUT2D eigenvalue weighted by molar-refractivity contribution is 0.280. The number of benzene rings is 1. The van der Waals surface area contributed by atoms with Gasteiger partial charge < -0.3 is 15.2 Å². The molecule has 0 aliphatic heterocycles. The Balaban J connectivity index is 2.02. The molecule has 0 radical (unpaired) electrons. The lowest BCUT2D eigenvalue weighted by Crippen LogP contribution is -2.23. The van der Waals surface area contributed by atoms with Crippen LogP contribution in [0.1, 0.15) is 11.1 Å². The Kier molecular flexibility index (Phi) is 4.69. The topological polar surface area (TPSA) is 75.9 Å². The van der Waals surface area contributed by atoms with Crippen LogP contribution in [-0.4, -0.2) is 21.6 Å². The number of aliphatic hydroxyl groups is 1. The number of anilines is 1. The van der Waals surface area contributed by atoms with Crippen LogP contribution in [0.3, 0.4) is 0 Å². The molecular formula is C17H16ClN3O3. The summed E-state index contributed by atoms with van der Waals surface area (Å²) < 4.78 is 6.62. The molecule has 3 rings (SSSR count). The predicted octanol–water partition coefficient (Wildman–Crippen LogP) is 2.46. The largest absolute Gasteiger partial charge is 0.493 e. The van der Waals surface area contributed by atoms with Crippen LogP contribution in [0.4, 0.5) is 5.82 Å². The van der Waals surface area contributed by atoms with Crippen LogP contribution in [0.25, 0.3) is 5.65 Å². The quantitative estimate of drug-likeness (QED) is 0.743. The Hall–Kier alpha value is -2.57. The van der Waals surface area contributed by atoms with E-state index in [-0.39, 0.29) is 11.1 Å². The minimum Gasteiger partial charge on any atom is -0.493 e. The highest BCUT2D eigenvalue weighted by molar-refractivity contribution is 6.30. The van der Waals surface area contributed by atoms with Gasteiger partial charge in [-0.25, -0.2) is 4.98 Å². The molecule has 2 N–H and O–H groups in total. The average molecular weight is 346 g/mol. The Labute approximate surface area is 143 Å². The van der Waals surface area contributed by atoms with E-state index in [1.54, 1.807) is 30.5 Å². The van der Waals surface area contributed by atoms with Gasteiger partial charge in [0.15, 0.2) is 11.4 Å². The number of aromatic nitrogens is 2. The standard InChI is InChI=1S/C17H16ClN3O3/c1-24-14-3-2-8-21-16(14)20-15(13(10-22)17(21)23)19-9-11-4-6-12(18)7-5-11/h2-8,19,22H,9-10H2,1H3. The number of ether oxygens (including phenoxy) is 1. The van der Waals surface area contributed by atoms with Gasteiger partial charge in [0, 0.05) is 17.8 Å². The molecule has 7 heteroatoms. The third-order valence-electron chi connectivity index (χ3n) is 3.66. The van der Waals surface area contributed by atoms with Gasteiger partial charge in [-0.15, -0.1) is 0 Å². The molecule has 0 atom stereocenters.